The van der Waals surface area contributed by atoms with Crippen molar-refractivity contribution in [2.45, 2.75) is 6.42 Å². The zero-order valence-electron chi connectivity index (χ0n) is 22.3. The number of halogens is 2. The lowest BCUT2D eigenvalue weighted by Gasteiger charge is -2.37. The number of nitrogens with one attached hydrogen (secondary N) is 1. The molecule has 0 unspecified atom stereocenters. The van der Waals surface area contributed by atoms with Crippen molar-refractivity contribution < 1.29 is 13.9 Å². The van der Waals surface area contributed by atoms with Gasteiger partial charge in [0.05, 0.1) is 29.6 Å². The molecule has 40 heavy (non-hydrogen) atoms. The van der Waals surface area contributed by atoms with E-state index in [9.17, 15) is 9.18 Å². The Morgan fingerprint density at radius 2 is 1.80 bits per heavy atom. The first-order valence-electron chi connectivity index (χ1n) is 13.5. The van der Waals surface area contributed by atoms with Gasteiger partial charge in [-0.2, -0.15) is 0 Å². The number of piperazine rings is 1. The zero-order valence-corrected chi connectivity index (χ0v) is 23.1. The van der Waals surface area contributed by atoms with E-state index < -0.39 is 5.82 Å². The maximum atomic E-state index is 14.3. The standard InChI is InChI=1S/C29H31ClFN7O2/c1-40-26-6-3-20(17-24(26)31)25-19-33-28-27(32-7-10-38(25)28)34-21-4-5-22(23(30)18-21)29(39)37-15-13-36(14-16-37)12-11-35-8-2-9-35/h3-7,10,17-19H,2,8-9,11-16H2,1H3,(H,32,34). The molecule has 2 aliphatic heterocycles. The Hall–Kier alpha value is -3.73. The molecule has 0 radical (unpaired) electrons. The summed E-state index contributed by atoms with van der Waals surface area (Å²) in [5.74, 6) is 0.187. The second kappa shape index (κ2) is 11.4. The van der Waals surface area contributed by atoms with Gasteiger partial charge in [0, 0.05) is 62.9 Å². The van der Waals surface area contributed by atoms with Crippen molar-refractivity contribution in [3.8, 4) is 17.0 Å². The number of nitrogens with zero attached hydrogens (tertiary/aromatic N) is 6. The van der Waals surface area contributed by atoms with E-state index in [-0.39, 0.29) is 11.7 Å². The molecule has 6 rings (SSSR count). The molecular formula is C29H31ClFN7O2. The van der Waals surface area contributed by atoms with Crippen LogP contribution in [0.25, 0.3) is 16.9 Å². The second-order valence-electron chi connectivity index (χ2n) is 10.1. The lowest BCUT2D eigenvalue weighted by molar-refractivity contribution is 0.0607. The summed E-state index contributed by atoms with van der Waals surface area (Å²) in [6.45, 7) is 7.73. The largest absolute Gasteiger partial charge is 0.494 e. The third-order valence-electron chi connectivity index (χ3n) is 7.68. The van der Waals surface area contributed by atoms with E-state index >= 15 is 0 Å². The number of likely N-dealkylation sites (tertiary alicyclic amines) is 1. The Bertz CT molecular complexity index is 1530. The number of aromatic nitrogens is 3. The van der Waals surface area contributed by atoms with Crippen LogP contribution in [0.5, 0.6) is 5.75 Å². The van der Waals surface area contributed by atoms with E-state index in [1.165, 1.54) is 32.7 Å². The van der Waals surface area contributed by atoms with Gasteiger partial charge in [0.25, 0.3) is 5.91 Å². The van der Waals surface area contributed by atoms with E-state index in [4.69, 9.17) is 16.3 Å². The molecule has 1 amide bonds. The minimum absolute atomic E-state index is 0.0520. The van der Waals surface area contributed by atoms with E-state index in [0.29, 0.717) is 52.1 Å². The van der Waals surface area contributed by atoms with E-state index in [2.05, 4.69) is 25.1 Å². The van der Waals surface area contributed by atoms with Gasteiger partial charge in [0.1, 0.15) is 0 Å². The molecule has 0 atom stereocenters. The zero-order chi connectivity index (χ0) is 27.6. The van der Waals surface area contributed by atoms with Crippen molar-refractivity contribution in [3.05, 3.63) is 71.4 Å². The summed E-state index contributed by atoms with van der Waals surface area (Å²) >= 11 is 6.60. The highest BCUT2D eigenvalue weighted by atomic mass is 35.5. The van der Waals surface area contributed by atoms with E-state index in [1.807, 2.05) is 15.4 Å². The predicted molar refractivity (Wildman–Crippen MR) is 153 cm³/mol. The molecular weight excluding hydrogens is 533 g/mol. The molecule has 0 aliphatic carbocycles. The number of carbonyl (C=O) groups is 1. The fourth-order valence-electron chi connectivity index (χ4n) is 5.18. The fourth-order valence-corrected chi connectivity index (χ4v) is 5.44. The van der Waals surface area contributed by atoms with Gasteiger partial charge in [-0.05, 0) is 55.9 Å². The molecule has 2 fully saturated rings. The molecule has 0 saturated carbocycles. The number of rotatable bonds is 8. The number of anilines is 2. The average molecular weight is 564 g/mol. The number of ether oxygens (including phenoxy) is 1. The Morgan fingerprint density at radius 3 is 2.48 bits per heavy atom. The molecule has 2 aliphatic rings. The van der Waals surface area contributed by atoms with Gasteiger partial charge in [0.2, 0.25) is 0 Å². The highest BCUT2D eigenvalue weighted by molar-refractivity contribution is 6.34. The van der Waals surface area contributed by atoms with Crippen LogP contribution in [0.4, 0.5) is 15.9 Å². The topological polar surface area (TPSA) is 78.2 Å². The SMILES string of the molecule is COc1ccc(-c2cnc3c(Nc4ccc(C(=O)N5CCN(CCN6CCC6)CC5)c(Cl)c4)nccn23)cc1F. The summed E-state index contributed by atoms with van der Waals surface area (Å²) in [7, 11) is 1.43. The third kappa shape index (κ3) is 5.34. The van der Waals surface area contributed by atoms with Crippen LogP contribution < -0.4 is 10.1 Å². The highest BCUT2D eigenvalue weighted by Crippen LogP contribution is 2.30. The van der Waals surface area contributed by atoms with Gasteiger partial charge < -0.3 is 19.9 Å². The van der Waals surface area contributed by atoms with Crippen molar-refractivity contribution in [2.24, 2.45) is 0 Å². The first-order valence-corrected chi connectivity index (χ1v) is 13.8. The molecule has 4 heterocycles. The van der Waals surface area contributed by atoms with Crippen molar-refractivity contribution in [1.82, 2.24) is 29.1 Å². The summed E-state index contributed by atoms with van der Waals surface area (Å²) in [5, 5.41) is 3.63. The van der Waals surface area contributed by atoms with Crippen LogP contribution in [0, 0.1) is 5.82 Å². The summed E-state index contributed by atoms with van der Waals surface area (Å²) in [6.07, 6.45) is 6.39. The average Bonchev–Trinajstić information content (AvgIpc) is 3.38. The molecule has 1 N–H and O–H groups in total. The summed E-state index contributed by atoms with van der Waals surface area (Å²) in [4.78, 5) is 29.0. The van der Waals surface area contributed by atoms with Gasteiger partial charge in [0.15, 0.2) is 23.0 Å². The minimum Gasteiger partial charge on any atom is -0.494 e. The Balaban J connectivity index is 1.13. The monoisotopic (exact) mass is 563 g/mol. The first-order chi connectivity index (χ1) is 19.5. The smallest absolute Gasteiger partial charge is 0.255 e. The van der Waals surface area contributed by atoms with Crippen LogP contribution in [0.2, 0.25) is 5.02 Å². The second-order valence-corrected chi connectivity index (χ2v) is 10.5. The number of hydrogen-bond donors (Lipinski definition) is 1. The number of imidazole rings is 1. The quantitative estimate of drug-likeness (QED) is 0.340. The molecule has 2 aromatic heterocycles. The number of benzene rings is 2. The molecule has 11 heteroatoms. The van der Waals surface area contributed by atoms with Gasteiger partial charge in [-0.25, -0.2) is 14.4 Å². The third-order valence-corrected chi connectivity index (χ3v) is 7.99. The maximum absolute atomic E-state index is 14.3. The lowest BCUT2D eigenvalue weighted by atomic mass is 10.1. The van der Waals surface area contributed by atoms with Crippen LogP contribution in [0.1, 0.15) is 16.8 Å². The normalized spacial score (nSPS) is 16.2. The van der Waals surface area contributed by atoms with Crippen LogP contribution >= 0.6 is 11.6 Å². The van der Waals surface area contributed by atoms with Crippen LogP contribution in [0.15, 0.2) is 55.0 Å². The van der Waals surface area contributed by atoms with Crippen LogP contribution in [0.3, 0.4) is 0 Å². The number of amides is 1. The molecule has 0 bridgehead atoms. The number of fused-ring (bicyclic) bond motifs is 1. The van der Waals surface area contributed by atoms with E-state index in [0.717, 1.165) is 26.2 Å². The Kier molecular flexibility index (Phi) is 7.55. The molecule has 208 valence electrons. The molecule has 2 aromatic carbocycles. The van der Waals surface area contributed by atoms with Crippen LogP contribution in [-0.2, 0) is 0 Å². The van der Waals surface area contributed by atoms with Crippen molar-refractivity contribution in [3.63, 3.8) is 0 Å². The Labute approximate surface area is 237 Å². The summed E-state index contributed by atoms with van der Waals surface area (Å²) < 4.78 is 21.2. The molecule has 0 spiro atoms. The summed E-state index contributed by atoms with van der Waals surface area (Å²) in [6, 6.07) is 10.1. The van der Waals surface area contributed by atoms with Gasteiger partial charge in [-0.1, -0.05) is 11.6 Å². The first kappa shape index (κ1) is 26.5. The highest BCUT2D eigenvalue weighted by Gasteiger charge is 2.24. The summed E-state index contributed by atoms with van der Waals surface area (Å²) in [5.41, 5.74) is 3.10. The molecule has 4 aromatic rings. The molecule has 2 saturated heterocycles. The van der Waals surface area contributed by atoms with Gasteiger partial charge in [-0.3, -0.25) is 14.1 Å². The van der Waals surface area contributed by atoms with Crippen molar-refractivity contribution >= 4 is 34.7 Å². The van der Waals surface area contributed by atoms with Crippen LogP contribution in [-0.4, -0.2) is 94.4 Å². The fraction of sp³-hybridized carbons (Fsp3) is 0.345. The maximum Gasteiger partial charge on any atom is 0.255 e. The van der Waals surface area contributed by atoms with Gasteiger partial charge >= 0.3 is 0 Å². The van der Waals surface area contributed by atoms with Crippen molar-refractivity contribution in [2.75, 3.05) is 64.8 Å². The number of methoxy groups -OCH3 is 1. The van der Waals surface area contributed by atoms with Crippen molar-refractivity contribution in [1.29, 1.82) is 0 Å². The predicted octanol–water partition coefficient (Wildman–Crippen LogP) is 4.40. The van der Waals surface area contributed by atoms with Gasteiger partial charge in [-0.15, -0.1) is 0 Å². The van der Waals surface area contributed by atoms with E-state index in [1.54, 1.807) is 42.9 Å². The minimum atomic E-state index is -0.448. The Morgan fingerprint density at radius 1 is 1.02 bits per heavy atom. The molecule has 9 nitrogen and oxygen atoms in total. The number of hydrogen-bond acceptors (Lipinski definition) is 7. The number of carbonyl (C=O) groups excluding carboxylic acids is 1. The lowest BCUT2D eigenvalue weighted by Crippen LogP contribution is -2.51.